The molecule has 1 N–H and O–H groups in total. The monoisotopic (exact) mass is 349 g/mol. The van der Waals surface area contributed by atoms with Crippen molar-refractivity contribution in [1.29, 1.82) is 0 Å². The van der Waals surface area contributed by atoms with Crippen LogP contribution in [-0.2, 0) is 14.8 Å². The molecule has 0 saturated carbocycles. The number of rotatable bonds is 5. The SMILES string of the molecule is CC(=O)Nc1ccc(S(=O)(=O)N(C)c2cccc([N+](=O)[O-])c2)cc1. The van der Waals surface area contributed by atoms with Crippen molar-refractivity contribution in [3.63, 3.8) is 0 Å². The molecule has 0 saturated heterocycles. The molecule has 2 aromatic carbocycles. The second-order valence-electron chi connectivity index (χ2n) is 4.96. The van der Waals surface area contributed by atoms with Crippen molar-refractivity contribution in [3.05, 3.63) is 58.6 Å². The molecule has 1 amide bonds. The molecule has 0 unspecified atom stereocenters. The van der Waals surface area contributed by atoms with Crippen molar-refractivity contribution >= 4 is 33.0 Å². The van der Waals surface area contributed by atoms with Crippen LogP contribution < -0.4 is 9.62 Å². The Kier molecular flexibility index (Phi) is 4.84. The third-order valence-corrected chi connectivity index (χ3v) is 5.04. The van der Waals surface area contributed by atoms with Crippen molar-refractivity contribution in [2.24, 2.45) is 0 Å². The third-order valence-electron chi connectivity index (χ3n) is 3.24. The van der Waals surface area contributed by atoms with Crippen LogP contribution in [0, 0.1) is 10.1 Å². The van der Waals surface area contributed by atoms with Gasteiger partial charge in [0, 0.05) is 31.8 Å². The first-order valence-corrected chi connectivity index (χ1v) is 8.27. The van der Waals surface area contributed by atoms with Crippen LogP contribution in [0.25, 0.3) is 0 Å². The molecule has 126 valence electrons. The maximum atomic E-state index is 12.6. The Morgan fingerprint density at radius 3 is 2.33 bits per heavy atom. The van der Waals surface area contributed by atoms with E-state index in [0.717, 1.165) is 4.31 Å². The van der Waals surface area contributed by atoms with Crippen molar-refractivity contribution in [3.8, 4) is 0 Å². The van der Waals surface area contributed by atoms with E-state index >= 15 is 0 Å². The standard InChI is InChI=1S/C15H15N3O5S/c1-11(19)16-12-6-8-15(9-7-12)24(22,23)17(2)13-4-3-5-14(10-13)18(20)21/h3-10H,1-2H3,(H,16,19). The summed E-state index contributed by atoms with van der Waals surface area (Å²) in [5.41, 5.74) is 0.449. The van der Waals surface area contributed by atoms with Crippen molar-refractivity contribution in [1.82, 2.24) is 0 Å². The quantitative estimate of drug-likeness (QED) is 0.658. The van der Waals surface area contributed by atoms with Gasteiger partial charge >= 0.3 is 0 Å². The molecule has 0 aliphatic carbocycles. The molecule has 2 rings (SSSR count). The predicted octanol–water partition coefficient (Wildman–Crippen LogP) is 2.38. The summed E-state index contributed by atoms with van der Waals surface area (Å²) in [6.45, 7) is 1.35. The predicted molar refractivity (Wildman–Crippen MR) is 89.4 cm³/mol. The molecule has 0 heterocycles. The number of nitrogens with one attached hydrogen (secondary N) is 1. The molecule has 0 radical (unpaired) electrons. The van der Waals surface area contributed by atoms with Gasteiger partial charge in [-0.3, -0.25) is 19.2 Å². The van der Waals surface area contributed by atoms with Gasteiger partial charge in [-0.1, -0.05) is 6.07 Å². The average Bonchev–Trinajstić information content (AvgIpc) is 2.54. The molecule has 0 fully saturated rings. The van der Waals surface area contributed by atoms with E-state index in [0.29, 0.717) is 5.69 Å². The number of anilines is 2. The molecule has 24 heavy (non-hydrogen) atoms. The highest BCUT2D eigenvalue weighted by Crippen LogP contribution is 2.26. The molecule has 8 nitrogen and oxygen atoms in total. The van der Waals surface area contributed by atoms with E-state index in [1.54, 1.807) is 0 Å². The summed E-state index contributed by atoms with van der Waals surface area (Å²) in [4.78, 5) is 21.2. The summed E-state index contributed by atoms with van der Waals surface area (Å²) in [5, 5.41) is 13.4. The summed E-state index contributed by atoms with van der Waals surface area (Å²) < 4.78 is 26.2. The van der Waals surface area contributed by atoms with Gasteiger partial charge in [-0.2, -0.15) is 0 Å². The first kappa shape index (κ1) is 17.4. The number of nitro benzene ring substituents is 1. The van der Waals surface area contributed by atoms with Crippen LogP contribution in [0.5, 0.6) is 0 Å². The number of hydrogen-bond acceptors (Lipinski definition) is 5. The number of carbonyl (C=O) groups excluding carboxylic acids is 1. The maximum absolute atomic E-state index is 12.6. The molecule has 0 aliphatic rings. The summed E-state index contributed by atoms with van der Waals surface area (Å²) >= 11 is 0. The summed E-state index contributed by atoms with van der Waals surface area (Å²) in [5.74, 6) is -0.265. The van der Waals surface area contributed by atoms with Crippen LogP contribution in [0.4, 0.5) is 17.1 Å². The largest absolute Gasteiger partial charge is 0.326 e. The van der Waals surface area contributed by atoms with Crippen molar-refractivity contribution < 1.29 is 18.1 Å². The van der Waals surface area contributed by atoms with Gasteiger partial charge < -0.3 is 5.32 Å². The lowest BCUT2D eigenvalue weighted by atomic mass is 10.3. The molecule has 2 aromatic rings. The fourth-order valence-corrected chi connectivity index (χ4v) is 3.20. The lowest BCUT2D eigenvalue weighted by molar-refractivity contribution is -0.384. The summed E-state index contributed by atoms with van der Waals surface area (Å²) in [7, 11) is -2.57. The first-order valence-electron chi connectivity index (χ1n) is 6.83. The fourth-order valence-electron chi connectivity index (χ4n) is 2.01. The topological polar surface area (TPSA) is 110 Å². The van der Waals surface area contributed by atoms with E-state index < -0.39 is 14.9 Å². The van der Waals surface area contributed by atoms with Gasteiger partial charge in [0.05, 0.1) is 15.5 Å². The van der Waals surface area contributed by atoms with Crippen molar-refractivity contribution in [2.45, 2.75) is 11.8 Å². The van der Waals surface area contributed by atoms with Crippen LogP contribution >= 0.6 is 0 Å². The Balaban J connectivity index is 2.33. The number of non-ortho nitro benzene ring substituents is 1. The van der Waals surface area contributed by atoms with E-state index in [4.69, 9.17) is 0 Å². The Bertz CT molecular complexity index is 878. The number of hydrogen-bond donors (Lipinski definition) is 1. The highest BCUT2D eigenvalue weighted by molar-refractivity contribution is 7.92. The smallest absolute Gasteiger partial charge is 0.271 e. The van der Waals surface area contributed by atoms with E-state index in [1.807, 2.05) is 0 Å². The summed E-state index contributed by atoms with van der Waals surface area (Å²) in [6.07, 6.45) is 0. The van der Waals surface area contributed by atoms with Gasteiger partial charge in [0.25, 0.3) is 15.7 Å². The molecule has 0 spiro atoms. The number of nitrogens with zero attached hydrogens (tertiary/aromatic N) is 2. The van der Waals surface area contributed by atoms with Gasteiger partial charge in [0.2, 0.25) is 5.91 Å². The molecule has 0 bridgehead atoms. The Hall–Kier alpha value is -2.94. The van der Waals surface area contributed by atoms with Gasteiger partial charge in [-0.25, -0.2) is 8.42 Å². The lowest BCUT2D eigenvalue weighted by Gasteiger charge is -2.19. The Labute approximate surface area is 138 Å². The zero-order valence-electron chi connectivity index (χ0n) is 13.0. The van der Waals surface area contributed by atoms with Crippen LogP contribution in [0.15, 0.2) is 53.4 Å². The third kappa shape index (κ3) is 3.69. The van der Waals surface area contributed by atoms with E-state index in [1.165, 1.54) is 62.5 Å². The van der Waals surface area contributed by atoms with Crippen LogP contribution in [-0.4, -0.2) is 26.3 Å². The second-order valence-corrected chi connectivity index (χ2v) is 6.92. The minimum absolute atomic E-state index is 0.00519. The Morgan fingerprint density at radius 2 is 1.79 bits per heavy atom. The van der Waals surface area contributed by atoms with E-state index in [9.17, 15) is 23.3 Å². The number of carbonyl (C=O) groups is 1. The fraction of sp³-hybridized carbons (Fsp3) is 0.133. The highest BCUT2D eigenvalue weighted by Gasteiger charge is 2.22. The van der Waals surface area contributed by atoms with E-state index in [2.05, 4.69) is 5.32 Å². The van der Waals surface area contributed by atoms with Gasteiger partial charge in [0.1, 0.15) is 0 Å². The van der Waals surface area contributed by atoms with Gasteiger partial charge in [0.15, 0.2) is 0 Å². The zero-order chi connectivity index (χ0) is 17.9. The average molecular weight is 349 g/mol. The first-order chi connectivity index (χ1) is 11.2. The second kappa shape index (κ2) is 6.67. The molecular weight excluding hydrogens is 334 g/mol. The minimum Gasteiger partial charge on any atom is -0.326 e. The lowest BCUT2D eigenvalue weighted by Crippen LogP contribution is -2.26. The number of nitro groups is 1. The minimum atomic E-state index is -3.88. The number of amides is 1. The van der Waals surface area contributed by atoms with E-state index in [-0.39, 0.29) is 22.2 Å². The Morgan fingerprint density at radius 1 is 1.17 bits per heavy atom. The maximum Gasteiger partial charge on any atom is 0.271 e. The van der Waals surface area contributed by atoms with Gasteiger partial charge in [-0.05, 0) is 30.3 Å². The van der Waals surface area contributed by atoms with Crippen LogP contribution in [0.2, 0.25) is 0 Å². The molecule has 0 aromatic heterocycles. The molecular formula is C15H15N3O5S. The normalized spacial score (nSPS) is 10.9. The molecule has 0 atom stereocenters. The number of benzene rings is 2. The van der Waals surface area contributed by atoms with Gasteiger partial charge in [-0.15, -0.1) is 0 Å². The molecule has 9 heteroatoms. The van der Waals surface area contributed by atoms with Crippen molar-refractivity contribution in [2.75, 3.05) is 16.7 Å². The molecule has 0 aliphatic heterocycles. The zero-order valence-corrected chi connectivity index (χ0v) is 13.8. The number of sulfonamides is 1. The van der Waals surface area contributed by atoms with Crippen LogP contribution in [0.3, 0.4) is 0 Å². The summed E-state index contributed by atoms with van der Waals surface area (Å²) in [6, 6.07) is 11.0. The highest BCUT2D eigenvalue weighted by atomic mass is 32.2. The van der Waals surface area contributed by atoms with Crippen LogP contribution in [0.1, 0.15) is 6.92 Å².